The number of carbonyl (C=O) groups excluding carboxylic acids is 1. The summed E-state index contributed by atoms with van der Waals surface area (Å²) in [5.41, 5.74) is 4.15. The van der Waals surface area contributed by atoms with Crippen LogP contribution < -0.4 is 10.1 Å². The average Bonchev–Trinajstić information content (AvgIpc) is 3.41. The summed E-state index contributed by atoms with van der Waals surface area (Å²) in [5, 5.41) is 9.92. The molecule has 0 spiro atoms. The minimum Gasteiger partial charge on any atom is -0.489 e. The Balaban J connectivity index is 1.35. The molecule has 0 saturated carbocycles. The largest absolute Gasteiger partial charge is 0.489 e. The summed E-state index contributed by atoms with van der Waals surface area (Å²) in [6.45, 7) is 4.93. The van der Waals surface area contributed by atoms with Crippen molar-refractivity contribution in [3.63, 3.8) is 0 Å². The number of aryl methyl sites for hydroxylation is 1. The summed E-state index contributed by atoms with van der Waals surface area (Å²) in [5.74, 6) is 0.816. The standard InChI is InChI=1S/C23H20Cl2N4O2S/c1-14-4-3-5-20(15(14)2)31-11-17-9-21(32-12-17)22(30)27-23-26-13-29(28-23)10-16-6-7-18(24)19(25)8-16/h3-9,12-13H,10-11H2,1-2H3,(H,27,28,30). The second-order valence-corrected chi connectivity index (χ2v) is 9.00. The highest BCUT2D eigenvalue weighted by molar-refractivity contribution is 7.12. The van der Waals surface area contributed by atoms with Crippen molar-refractivity contribution in [2.24, 2.45) is 0 Å². The van der Waals surface area contributed by atoms with Gasteiger partial charge in [0, 0.05) is 5.56 Å². The van der Waals surface area contributed by atoms with E-state index in [1.807, 2.05) is 36.6 Å². The van der Waals surface area contributed by atoms with Crippen molar-refractivity contribution in [1.29, 1.82) is 0 Å². The number of thiophene rings is 1. The van der Waals surface area contributed by atoms with E-state index in [0.717, 1.165) is 22.4 Å². The van der Waals surface area contributed by atoms with Crippen molar-refractivity contribution in [1.82, 2.24) is 14.8 Å². The van der Waals surface area contributed by atoms with E-state index in [9.17, 15) is 4.79 Å². The molecule has 0 atom stereocenters. The van der Waals surface area contributed by atoms with Gasteiger partial charge >= 0.3 is 0 Å². The predicted octanol–water partition coefficient (Wildman–Crippen LogP) is 6.14. The molecular weight excluding hydrogens is 467 g/mol. The van der Waals surface area contributed by atoms with Crippen LogP contribution in [0.3, 0.4) is 0 Å². The highest BCUT2D eigenvalue weighted by Crippen LogP contribution is 2.24. The van der Waals surface area contributed by atoms with E-state index in [4.69, 9.17) is 27.9 Å². The summed E-state index contributed by atoms with van der Waals surface area (Å²) in [4.78, 5) is 17.3. The molecule has 4 aromatic rings. The first kappa shape index (κ1) is 22.3. The lowest BCUT2D eigenvalue weighted by Gasteiger charge is -2.09. The van der Waals surface area contributed by atoms with Gasteiger partial charge in [0.15, 0.2) is 0 Å². The Labute approximate surface area is 199 Å². The number of amides is 1. The fourth-order valence-corrected chi connectivity index (χ4v) is 4.14. The molecule has 0 saturated heterocycles. The van der Waals surface area contributed by atoms with Crippen molar-refractivity contribution in [2.45, 2.75) is 27.0 Å². The van der Waals surface area contributed by atoms with Gasteiger partial charge in [0.25, 0.3) is 5.91 Å². The molecule has 1 N–H and O–H groups in total. The highest BCUT2D eigenvalue weighted by Gasteiger charge is 2.13. The Morgan fingerprint density at radius 1 is 1.12 bits per heavy atom. The van der Waals surface area contributed by atoms with Gasteiger partial charge in [0.2, 0.25) is 5.95 Å². The van der Waals surface area contributed by atoms with Crippen LogP contribution in [0.2, 0.25) is 10.0 Å². The van der Waals surface area contributed by atoms with Crippen molar-refractivity contribution in [2.75, 3.05) is 5.32 Å². The maximum Gasteiger partial charge on any atom is 0.268 e. The summed E-state index contributed by atoms with van der Waals surface area (Å²) in [6.07, 6.45) is 1.55. The lowest BCUT2D eigenvalue weighted by atomic mass is 10.1. The molecule has 0 aliphatic heterocycles. The molecule has 2 heterocycles. The van der Waals surface area contributed by atoms with Gasteiger partial charge in [-0.2, -0.15) is 0 Å². The van der Waals surface area contributed by atoms with Crippen LogP contribution in [0.1, 0.15) is 31.9 Å². The van der Waals surface area contributed by atoms with Crippen molar-refractivity contribution >= 4 is 46.4 Å². The molecular formula is C23H20Cl2N4O2S. The van der Waals surface area contributed by atoms with Crippen LogP contribution in [0.15, 0.2) is 54.2 Å². The first-order valence-electron chi connectivity index (χ1n) is 9.80. The van der Waals surface area contributed by atoms with Crippen LogP contribution >= 0.6 is 34.5 Å². The van der Waals surface area contributed by atoms with E-state index in [2.05, 4.69) is 28.4 Å². The quantitative estimate of drug-likeness (QED) is 0.340. The third kappa shape index (κ3) is 5.30. The fraction of sp³-hybridized carbons (Fsp3) is 0.174. The lowest BCUT2D eigenvalue weighted by Crippen LogP contribution is -2.12. The van der Waals surface area contributed by atoms with E-state index in [1.54, 1.807) is 23.1 Å². The molecule has 9 heteroatoms. The van der Waals surface area contributed by atoms with Gasteiger partial charge < -0.3 is 4.74 Å². The molecule has 6 nitrogen and oxygen atoms in total. The second-order valence-electron chi connectivity index (χ2n) is 7.27. The second kappa shape index (κ2) is 9.73. The van der Waals surface area contributed by atoms with Crippen LogP contribution in [0.25, 0.3) is 0 Å². The molecule has 164 valence electrons. The van der Waals surface area contributed by atoms with E-state index < -0.39 is 0 Å². The zero-order valence-corrected chi connectivity index (χ0v) is 19.8. The first-order chi connectivity index (χ1) is 15.4. The van der Waals surface area contributed by atoms with Gasteiger partial charge in [-0.1, -0.05) is 41.4 Å². The SMILES string of the molecule is Cc1cccc(OCc2csc(C(=O)Nc3ncn(Cc4ccc(Cl)c(Cl)c4)n3)c2)c1C. The maximum atomic E-state index is 12.6. The van der Waals surface area contributed by atoms with Crippen LogP contribution in [0.5, 0.6) is 5.75 Å². The third-order valence-electron chi connectivity index (χ3n) is 4.92. The maximum absolute atomic E-state index is 12.6. The van der Waals surface area contributed by atoms with Crippen molar-refractivity contribution < 1.29 is 9.53 Å². The zero-order chi connectivity index (χ0) is 22.7. The number of carbonyl (C=O) groups is 1. The van der Waals surface area contributed by atoms with Crippen LogP contribution in [0, 0.1) is 13.8 Å². The van der Waals surface area contributed by atoms with E-state index >= 15 is 0 Å². The number of nitrogens with one attached hydrogen (secondary N) is 1. The number of aromatic nitrogens is 3. The number of anilines is 1. The first-order valence-corrected chi connectivity index (χ1v) is 11.4. The van der Waals surface area contributed by atoms with Crippen molar-refractivity contribution in [3.8, 4) is 5.75 Å². The summed E-state index contributed by atoms with van der Waals surface area (Å²) < 4.78 is 7.54. The molecule has 32 heavy (non-hydrogen) atoms. The van der Waals surface area contributed by atoms with E-state index in [0.29, 0.717) is 28.1 Å². The van der Waals surface area contributed by atoms with Gasteiger partial charge in [-0.15, -0.1) is 16.4 Å². The Hall–Kier alpha value is -2.87. The summed E-state index contributed by atoms with van der Waals surface area (Å²) >= 11 is 13.4. The number of benzene rings is 2. The van der Waals surface area contributed by atoms with Crippen molar-refractivity contribution in [3.05, 3.63) is 91.3 Å². The van der Waals surface area contributed by atoms with Crippen LogP contribution in [0.4, 0.5) is 5.95 Å². The van der Waals surface area contributed by atoms with E-state index in [-0.39, 0.29) is 11.9 Å². The minimum absolute atomic E-state index is 0.233. The molecule has 0 bridgehead atoms. The number of nitrogens with zero attached hydrogens (tertiary/aromatic N) is 3. The van der Waals surface area contributed by atoms with Gasteiger partial charge in [0.1, 0.15) is 18.7 Å². The normalized spacial score (nSPS) is 10.9. The number of rotatable bonds is 7. The number of ether oxygens (including phenoxy) is 1. The molecule has 0 aliphatic carbocycles. The fourth-order valence-electron chi connectivity index (χ4n) is 3.03. The van der Waals surface area contributed by atoms with E-state index in [1.165, 1.54) is 16.9 Å². The lowest BCUT2D eigenvalue weighted by molar-refractivity contribution is 0.102. The molecule has 2 aromatic carbocycles. The Morgan fingerprint density at radius 3 is 2.78 bits per heavy atom. The molecule has 0 aliphatic rings. The Morgan fingerprint density at radius 2 is 1.97 bits per heavy atom. The number of hydrogen-bond donors (Lipinski definition) is 1. The predicted molar refractivity (Wildman–Crippen MR) is 128 cm³/mol. The monoisotopic (exact) mass is 486 g/mol. The Bertz CT molecular complexity index is 1270. The van der Waals surface area contributed by atoms with Crippen LogP contribution in [-0.2, 0) is 13.2 Å². The topological polar surface area (TPSA) is 69.0 Å². The minimum atomic E-state index is -0.264. The smallest absolute Gasteiger partial charge is 0.268 e. The van der Waals surface area contributed by atoms with Gasteiger partial charge in [0.05, 0.1) is 21.5 Å². The number of hydrogen-bond acceptors (Lipinski definition) is 5. The van der Waals surface area contributed by atoms with Crippen LogP contribution in [-0.4, -0.2) is 20.7 Å². The molecule has 0 unspecified atom stereocenters. The molecule has 2 aromatic heterocycles. The zero-order valence-electron chi connectivity index (χ0n) is 17.4. The average molecular weight is 487 g/mol. The van der Waals surface area contributed by atoms with Gasteiger partial charge in [-0.25, -0.2) is 9.67 Å². The summed E-state index contributed by atoms with van der Waals surface area (Å²) in [7, 11) is 0. The van der Waals surface area contributed by atoms with Gasteiger partial charge in [-0.3, -0.25) is 10.1 Å². The Kier molecular flexibility index (Phi) is 6.79. The molecule has 0 fully saturated rings. The molecule has 4 rings (SSSR count). The third-order valence-corrected chi connectivity index (χ3v) is 6.63. The molecule has 1 amide bonds. The number of halogens is 2. The molecule has 0 radical (unpaired) electrons. The van der Waals surface area contributed by atoms with Gasteiger partial charge in [-0.05, 0) is 60.2 Å². The highest BCUT2D eigenvalue weighted by atomic mass is 35.5. The summed E-state index contributed by atoms with van der Waals surface area (Å²) in [6, 6.07) is 13.2.